The maximum absolute atomic E-state index is 12.5. The normalized spacial score (nSPS) is 25.2. The SMILES string of the molecule is CCCC1(C(=O)NCC2(C)COC2)CCNCC1. The van der Waals surface area contributed by atoms with Crippen molar-refractivity contribution >= 4 is 5.91 Å². The van der Waals surface area contributed by atoms with Gasteiger partial charge in [-0.2, -0.15) is 0 Å². The van der Waals surface area contributed by atoms with Crippen molar-refractivity contribution < 1.29 is 9.53 Å². The summed E-state index contributed by atoms with van der Waals surface area (Å²) in [6, 6.07) is 0. The minimum absolute atomic E-state index is 0.124. The van der Waals surface area contributed by atoms with E-state index in [1.54, 1.807) is 0 Å². The second-order valence-electron chi connectivity index (χ2n) is 6.27. The molecule has 0 atom stereocenters. The molecule has 0 radical (unpaired) electrons. The number of amides is 1. The van der Waals surface area contributed by atoms with Gasteiger partial charge in [0.1, 0.15) is 0 Å². The lowest BCUT2D eigenvalue weighted by Gasteiger charge is -2.41. The smallest absolute Gasteiger partial charge is 0.226 e. The van der Waals surface area contributed by atoms with Gasteiger partial charge in [-0.15, -0.1) is 0 Å². The Morgan fingerprint density at radius 1 is 1.33 bits per heavy atom. The van der Waals surface area contributed by atoms with Gasteiger partial charge >= 0.3 is 0 Å². The van der Waals surface area contributed by atoms with Gasteiger partial charge in [-0.05, 0) is 32.4 Å². The summed E-state index contributed by atoms with van der Waals surface area (Å²) in [6.07, 6.45) is 4.03. The Morgan fingerprint density at radius 3 is 2.50 bits per heavy atom. The van der Waals surface area contributed by atoms with E-state index in [1.807, 2.05) is 0 Å². The van der Waals surface area contributed by atoms with Crippen molar-refractivity contribution in [1.82, 2.24) is 10.6 Å². The molecule has 2 saturated heterocycles. The molecule has 0 aliphatic carbocycles. The van der Waals surface area contributed by atoms with E-state index in [1.165, 1.54) is 0 Å². The summed E-state index contributed by atoms with van der Waals surface area (Å²) in [5.41, 5.74) is 0.0386. The molecule has 0 unspecified atom stereocenters. The zero-order valence-electron chi connectivity index (χ0n) is 11.7. The molecule has 0 aromatic heterocycles. The molecular weight excluding hydrogens is 228 g/mol. The Kier molecular flexibility index (Phi) is 4.28. The Balaban J connectivity index is 1.90. The highest BCUT2D eigenvalue weighted by atomic mass is 16.5. The van der Waals surface area contributed by atoms with E-state index in [0.717, 1.165) is 58.5 Å². The number of nitrogens with one attached hydrogen (secondary N) is 2. The van der Waals surface area contributed by atoms with E-state index >= 15 is 0 Å². The van der Waals surface area contributed by atoms with Crippen LogP contribution in [0.15, 0.2) is 0 Å². The summed E-state index contributed by atoms with van der Waals surface area (Å²) in [6.45, 7) is 8.57. The monoisotopic (exact) mass is 254 g/mol. The summed E-state index contributed by atoms with van der Waals surface area (Å²) in [5, 5.41) is 6.52. The molecule has 2 heterocycles. The largest absolute Gasteiger partial charge is 0.380 e. The van der Waals surface area contributed by atoms with Crippen molar-refractivity contribution in [1.29, 1.82) is 0 Å². The lowest BCUT2D eigenvalue weighted by Crippen LogP contribution is -2.53. The standard InChI is InChI=1S/C14H26N2O2/c1-3-4-14(5-7-15-8-6-14)12(17)16-9-13(2)10-18-11-13/h15H,3-11H2,1-2H3,(H,16,17). The Morgan fingerprint density at radius 2 is 2.00 bits per heavy atom. The number of hydrogen-bond acceptors (Lipinski definition) is 3. The average molecular weight is 254 g/mol. The van der Waals surface area contributed by atoms with E-state index in [-0.39, 0.29) is 16.7 Å². The maximum atomic E-state index is 12.5. The van der Waals surface area contributed by atoms with Crippen LogP contribution in [0.25, 0.3) is 0 Å². The van der Waals surface area contributed by atoms with Crippen LogP contribution >= 0.6 is 0 Å². The van der Waals surface area contributed by atoms with Gasteiger partial charge in [0.05, 0.1) is 18.6 Å². The highest BCUT2D eigenvalue weighted by Crippen LogP contribution is 2.35. The van der Waals surface area contributed by atoms with Gasteiger partial charge in [0.15, 0.2) is 0 Å². The fourth-order valence-electron chi connectivity index (χ4n) is 3.01. The molecule has 4 nitrogen and oxygen atoms in total. The summed E-state index contributed by atoms with van der Waals surface area (Å²) in [4.78, 5) is 12.5. The van der Waals surface area contributed by atoms with Crippen LogP contribution in [0.3, 0.4) is 0 Å². The molecule has 2 fully saturated rings. The molecule has 2 aliphatic heterocycles. The summed E-state index contributed by atoms with van der Waals surface area (Å²) >= 11 is 0. The van der Waals surface area contributed by atoms with E-state index in [2.05, 4.69) is 24.5 Å². The van der Waals surface area contributed by atoms with Crippen LogP contribution in [0.1, 0.15) is 39.5 Å². The molecule has 1 amide bonds. The predicted octanol–water partition coefficient (Wildman–Crippen LogP) is 1.31. The molecule has 2 rings (SSSR count). The first-order valence-electron chi connectivity index (χ1n) is 7.17. The van der Waals surface area contributed by atoms with E-state index in [9.17, 15) is 4.79 Å². The summed E-state index contributed by atoms with van der Waals surface area (Å²) < 4.78 is 5.23. The fourth-order valence-corrected chi connectivity index (χ4v) is 3.01. The zero-order valence-corrected chi connectivity index (χ0v) is 11.7. The Labute approximate surface area is 110 Å². The van der Waals surface area contributed by atoms with Crippen molar-refractivity contribution in [3.63, 3.8) is 0 Å². The van der Waals surface area contributed by atoms with E-state index in [0.29, 0.717) is 0 Å². The minimum atomic E-state index is -0.124. The molecule has 104 valence electrons. The molecule has 2 aliphatic rings. The van der Waals surface area contributed by atoms with E-state index < -0.39 is 0 Å². The van der Waals surface area contributed by atoms with Crippen LogP contribution in [-0.4, -0.2) is 38.8 Å². The van der Waals surface area contributed by atoms with Crippen molar-refractivity contribution in [3.8, 4) is 0 Å². The molecule has 2 N–H and O–H groups in total. The molecule has 0 aromatic carbocycles. The molecule has 18 heavy (non-hydrogen) atoms. The van der Waals surface area contributed by atoms with Crippen LogP contribution < -0.4 is 10.6 Å². The number of carbonyl (C=O) groups excluding carboxylic acids is 1. The number of piperidine rings is 1. The lowest BCUT2D eigenvalue weighted by molar-refractivity contribution is -0.137. The molecular formula is C14H26N2O2. The average Bonchev–Trinajstić information content (AvgIpc) is 2.35. The Bertz CT molecular complexity index is 289. The van der Waals surface area contributed by atoms with Crippen LogP contribution in [0.5, 0.6) is 0 Å². The number of carbonyl (C=O) groups is 1. The number of hydrogen-bond donors (Lipinski definition) is 2. The highest BCUT2D eigenvalue weighted by Gasteiger charge is 2.40. The third-order valence-electron chi connectivity index (χ3n) is 4.35. The molecule has 0 bridgehead atoms. The van der Waals surface area contributed by atoms with Crippen molar-refractivity contribution in [2.24, 2.45) is 10.8 Å². The predicted molar refractivity (Wildman–Crippen MR) is 71.4 cm³/mol. The van der Waals surface area contributed by atoms with Crippen LogP contribution in [0, 0.1) is 10.8 Å². The van der Waals surface area contributed by atoms with Crippen molar-refractivity contribution in [2.45, 2.75) is 39.5 Å². The second kappa shape index (κ2) is 5.57. The summed E-state index contributed by atoms with van der Waals surface area (Å²) in [7, 11) is 0. The van der Waals surface area contributed by atoms with Gasteiger partial charge in [0.25, 0.3) is 0 Å². The zero-order chi connectivity index (χ0) is 13.1. The first-order valence-corrected chi connectivity index (χ1v) is 7.17. The Hall–Kier alpha value is -0.610. The van der Waals surface area contributed by atoms with Gasteiger partial charge in [-0.25, -0.2) is 0 Å². The molecule has 0 spiro atoms. The first kappa shape index (κ1) is 13.8. The quantitative estimate of drug-likeness (QED) is 0.778. The van der Waals surface area contributed by atoms with Gasteiger partial charge in [0, 0.05) is 12.0 Å². The fraction of sp³-hybridized carbons (Fsp3) is 0.929. The van der Waals surface area contributed by atoms with Gasteiger partial charge in [-0.3, -0.25) is 4.79 Å². The van der Waals surface area contributed by atoms with Gasteiger partial charge in [0.2, 0.25) is 5.91 Å². The van der Waals surface area contributed by atoms with Gasteiger partial charge < -0.3 is 15.4 Å². The van der Waals surface area contributed by atoms with Crippen molar-refractivity contribution in [2.75, 3.05) is 32.8 Å². The van der Waals surface area contributed by atoms with Crippen LogP contribution in [-0.2, 0) is 9.53 Å². The lowest BCUT2D eigenvalue weighted by atomic mass is 9.74. The first-order chi connectivity index (χ1) is 8.60. The topological polar surface area (TPSA) is 50.4 Å². The molecule has 0 saturated carbocycles. The highest BCUT2D eigenvalue weighted by molar-refractivity contribution is 5.82. The van der Waals surface area contributed by atoms with E-state index in [4.69, 9.17) is 4.74 Å². The van der Waals surface area contributed by atoms with Crippen molar-refractivity contribution in [3.05, 3.63) is 0 Å². The third kappa shape index (κ3) is 2.86. The third-order valence-corrected chi connectivity index (χ3v) is 4.35. The molecule has 0 aromatic rings. The van der Waals surface area contributed by atoms with Crippen LogP contribution in [0.2, 0.25) is 0 Å². The minimum Gasteiger partial charge on any atom is -0.380 e. The van der Waals surface area contributed by atoms with Gasteiger partial charge in [-0.1, -0.05) is 20.3 Å². The van der Waals surface area contributed by atoms with Crippen LogP contribution in [0.4, 0.5) is 0 Å². The summed E-state index contributed by atoms with van der Waals surface area (Å²) in [5.74, 6) is 0.263. The number of ether oxygens (including phenoxy) is 1. The maximum Gasteiger partial charge on any atom is 0.226 e. The molecule has 4 heteroatoms. The second-order valence-corrected chi connectivity index (χ2v) is 6.27. The number of rotatable bonds is 5.